The summed E-state index contributed by atoms with van der Waals surface area (Å²) in [5.41, 5.74) is 11.5. The largest absolute Gasteiger partial charge is 0.456 e. The van der Waals surface area contributed by atoms with Gasteiger partial charge in [0.25, 0.3) is 0 Å². The van der Waals surface area contributed by atoms with Crippen molar-refractivity contribution in [1.82, 2.24) is 24.5 Å². The third-order valence-corrected chi connectivity index (χ3v) is 10.00. The van der Waals surface area contributed by atoms with Gasteiger partial charge in [-0.1, -0.05) is 121 Å². The molecule has 0 aliphatic carbocycles. The molecule has 11 rings (SSSR count). The van der Waals surface area contributed by atoms with E-state index >= 15 is 0 Å². The first-order valence-corrected chi connectivity index (χ1v) is 17.6. The number of nitrogens with zero attached hydrogens (tertiary/aromatic N) is 6. The predicted octanol–water partition coefficient (Wildman–Crippen LogP) is 11.6. The lowest BCUT2D eigenvalue weighted by atomic mass is 10.0. The second-order valence-corrected chi connectivity index (χ2v) is 13.1. The third-order valence-electron chi connectivity index (χ3n) is 10.00. The Morgan fingerprint density at radius 2 is 1.06 bits per heavy atom. The number of hydrogen-bond acceptors (Lipinski definition) is 6. The minimum absolute atomic E-state index is 0.570. The Balaban J connectivity index is 1.14. The molecule has 1 aliphatic heterocycles. The molecule has 0 bridgehead atoms. The summed E-state index contributed by atoms with van der Waals surface area (Å²) in [6, 6.07) is 58.0. The molecule has 53 heavy (non-hydrogen) atoms. The van der Waals surface area contributed by atoms with Crippen molar-refractivity contribution in [3.8, 4) is 51.0 Å². The smallest absolute Gasteiger partial charge is 0.220 e. The van der Waals surface area contributed by atoms with Crippen LogP contribution in [-0.2, 0) is 0 Å². The minimum Gasteiger partial charge on any atom is -0.456 e. The summed E-state index contributed by atoms with van der Waals surface area (Å²) in [5, 5.41) is 2.00. The number of anilines is 3. The van der Waals surface area contributed by atoms with Gasteiger partial charge in [0, 0.05) is 44.3 Å². The van der Waals surface area contributed by atoms with Crippen molar-refractivity contribution in [2.45, 2.75) is 0 Å². The number of furan rings is 1. The van der Waals surface area contributed by atoms with Crippen LogP contribution in [0.2, 0.25) is 0 Å². The fourth-order valence-corrected chi connectivity index (χ4v) is 7.64. The lowest BCUT2D eigenvalue weighted by Crippen LogP contribution is -2.14. The molecule has 0 saturated heterocycles. The monoisotopic (exact) mass is 680 g/mol. The summed E-state index contributed by atoms with van der Waals surface area (Å²) in [6.45, 7) is 0. The molecular formula is C46H28N6O. The Morgan fingerprint density at radius 3 is 1.94 bits per heavy atom. The number of aromatic nitrogens is 5. The molecular weight excluding hydrogens is 653 g/mol. The van der Waals surface area contributed by atoms with Crippen LogP contribution in [0.15, 0.2) is 174 Å². The van der Waals surface area contributed by atoms with Gasteiger partial charge in [0.05, 0.1) is 22.4 Å². The van der Waals surface area contributed by atoms with E-state index in [1.54, 1.807) is 0 Å². The van der Waals surface area contributed by atoms with Gasteiger partial charge in [-0.25, -0.2) is 19.9 Å². The Bertz CT molecular complexity index is 3040. The Morgan fingerprint density at radius 1 is 0.434 bits per heavy atom. The van der Waals surface area contributed by atoms with Gasteiger partial charge in [-0.2, -0.15) is 0 Å². The molecule has 0 spiro atoms. The van der Waals surface area contributed by atoms with Crippen LogP contribution in [0, 0.1) is 0 Å². The zero-order chi connectivity index (χ0) is 34.9. The van der Waals surface area contributed by atoms with Crippen LogP contribution in [0.1, 0.15) is 0 Å². The second-order valence-electron chi connectivity index (χ2n) is 13.1. The van der Waals surface area contributed by atoms with E-state index in [1.807, 2.05) is 66.7 Å². The van der Waals surface area contributed by atoms with Crippen LogP contribution in [-0.4, -0.2) is 24.5 Å². The van der Waals surface area contributed by atoms with Crippen molar-refractivity contribution >= 4 is 50.3 Å². The van der Waals surface area contributed by atoms with Gasteiger partial charge >= 0.3 is 0 Å². The normalized spacial score (nSPS) is 12.1. The highest BCUT2D eigenvalue weighted by molar-refractivity contribution is 6.11. The SMILES string of the molecule is c1ccc(-c2nc(-c3cccc(N4c5ccccc5-c5ccccc5-n5c4nc4ccccc45)c3)nc(-c3cccc4oc5ccccc5c34)n2)cc1. The van der Waals surface area contributed by atoms with Crippen LogP contribution >= 0.6 is 0 Å². The molecule has 0 amide bonds. The topological polar surface area (TPSA) is 72.9 Å². The van der Waals surface area contributed by atoms with E-state index in [0.29, 0.717) is 17.5 Å². The molecule has 248 valence electrons. The standard InChI is InChI=1S/C46H28N6O/c1-2-14-29(15-3-1)43-48-44(50-45(49-43)35-21-13-27-41-42(35)34-20-6-11-26-40(34)53-41)30-16-12-17-31(28-30)51-37-23-8-4-18-32(37)33-19-5-9-24-38(33)52-39-25-10-7-22-36(39)47-46(51)52/h1-28H. The highest BCUT2D eigenvalue weighted by atomic mass is 16.3. The second kappa shape index (κ2) is 11.6. The van der Waals surface area contributed by atoms with E-state index < -0.39 is 0 Å². The van der Waals surface area contributed by atoms with Crippen molar-refractivity contribution in [3.05, 3.63) is 170 Å². The zero-order valence-electron chi connectivity index (χ0n) is 28.3. The van der Waals surface area contributed by atoms with E-state index in [-0.39, 0.29) is 0 Å². The maximum atomic E-state index is 6.26. The maximum Gasteiger partial charge on any atom is 0.220 e. The van der Waals surface area contributed by atoms with E-state index in [1.165, 1.54) is 0 Å². The summed E-state index contributed by atoms with van der Waals surface area (Å²) in [4.78, 5) is 22.9. The highest BCUT2D eigenvalue weighted by Crippen LogP contribution is 2.48. The van der Waals surface area contributed by atoms with Crippen molar-refractivity contribution in [2.24, 2.45) is 0 Å². The van der Waals surface area contributed by atoms with Gasteiger partial charge < -0.3 is 4.42 Å². The highest BCUT2D eigenvalue weighted by Gasteiger charge is 2.29. The maximum absolute atomic E-state index is 6.26. The molecule has 10 aromatic rings. The summed E-state index contributed by atoms with van der Waals surface area (Å²) in [6.07, 6.45) is 0. The number of benzene rings is 7. The van der Waals surface area contributed by atoms with Gasteiger partial charge in [0.1, 0.15) is 11.2 Å². The minimum atomic E-state index is 0.570. The average Bonchev–Trinajstić information content (AvgIpc) is 3.77. The third kappa shape index (κ3) is 4.61. The quantitative estimate of drug-likeness (QED) is 0.184. The van der Waals surface area contributed by atoms with Crippen molar-refractivity contribution in [2.75, 3.05) is 4.90 Å². The first-order valence-electron chi connectivity index (χ1n) is 17.6. The van der Waals surface area contributed by atoms with Gasteiger partial charge in [-0.3, -0.25) is 9.47 Å². The summed E-state index contributed by atoms with van der Waals surface area (Å²) in [7, 11) is 0. The molecule has 0 radical (unpaired) electrons. The molecule has 0 fully saturated rings. The molecule has 0 unspecified atom stereocenters. The molecule has 3 aromatic heterocycles. The first-order chi connectivity index (χ1) is 26.3. The van der Waals surface area contributed by atoms with Gasteiger partial charge in [0.2, 0.25) is 5.95 Å². The number of para-hydroxylation sites is 5. The van der Waals surface area contributed by atoms with E-state index in [9.17, 15) is 0 Å². The Labute approximate surface area is 304 Å². The number of fused-ring (bicyclic) bond motifs is 10. The fourth-order valence-electron chi connectivity index (χ4n) is 7.64. The van der Waals surface area contributed by atoms with Crippen LogP contribution in [0.5, 0.6) is 0 Å². The molecule has 0 saturated carbocycles. The molecule has 0 atom stereocenters. The number of hydrogen-bond donors (Lipinski definition) is 0. The fraction of sp³-hybridized carbons (Fsp3) is 0. The van der Waals surface area contributed by atoms with E-state index in [2.05, 4.69) is 113 Å². The number of imidazole rings is 1. The summed E-state index contributed by atoms with van der Waals surface area (Å²) < 4.78 is 8.52. The molecule has 4 heterocycles. The lowest BCUT2D eigenvalue weighted by Gasteiger charge is -2.25. The Hall–Kier alpha value is -7.38. The molecule has 7 aromatic carbocycles. The van der Waals surface area contributed by atoms with E-state index in [4.69, 9.17) is 24.4 Å². The van der Waals surface area contributed by atoms with Gasteiger partial charge in [0.15, 0.2) is 17.5 Å². The average molecular weight is 681 g/mol. The van der Waals surface area contributed by atoms with E-state index in [0.717, 1.165) is 83.8 Å². The van der Waals surface area contributed by atoms with Gasteiger partial charge in [-0.05, 0) is 48.5 Å². The zero-order valence-corrected chi connectivity index (χ0v) is 28.3. The van der Waals surface area contributed by atoms with Crippen molar-refractivity contribution in [1.29, 1.82) is 0 Å². The van der Waals surface area contributed by atoms with Crippen LogP contribution in [0.25, 0.3) is 83.9 Å². The van der Waals surface area contributed by atoms with Crippen LogP contribution < -0.4 is 4.90 Å². The molecule has 7 heteroatoms. The molecule has 1 aliphatic rings. The predicted molar refractivity (Wildman–Crippen MR) is 212 cm³/mol. The summed E-state index contributed by atoms with van der Waals surface area (Å²) >= 11 is 0. The lowest BCUT2D eigenvalue weighted by molar-refractivity contribution is 0.669. The first kappa shape index (κ1) is 29.4. The van der Waals surface area contributed by atoms with Gasteiger partial charge in [-0.15, -0.1) is 0 Å². The molecule has 7 nitrogen and oxygen atoms in total. The summed E-state index contributed by atoms with van der Waals surface area (Å²) in [5.74, 6) is 2.55. The van der Waals surface area contributed by atoms with Crippen molar-refractivity contribution in [3.63, 3.8) is 0 Å². The van der Waals surface area contributed by atoms with Crippen molar-refractivity contribution < 1.29 is 4.42 Å². The van der Waals surface area contributed by atoms with Crippen LogP contribution in [0.4, 0.5) is 17.3 Å². The van der Waals surface area contributed by atoms with Crippen LogP contribution in [0.3, 0.4) is 0 Å². The number of rotatable bonds is 4. The Kier molecular flexibility index (Phi) is 6.42. The molecule has 0 N–H and O–H groups in total.